The second-order valence-electron chi connectivity index (χ2n) is 9.66. The first-order valence-corrected chi connectivity index (χ1v) is 12.4. The number of halogens is 1. The van der Waals surface area contributed by atoms with Gasteiger partial charge < -0.3 is 14.6 Å². The Balaban J connectivity index is 1.26. The Morgan fingerprint density at radius 2 is 1.94 bits per heavy atom. The fourth-order valence-electron chi connectivity index (χ4n) is 5.49. The lowest BCUT2D eigenvalue weighted by atomic mass is 9.78. The minimum absolute atomic E-state index is 0.0858. The minimum Gasteiger partial charge on any atom is -0.481 e. The van der Waals surface area contributed by atoms with E-state index in [-0.39, 0.29) is 11.7 Å². The molecule has 186 valence electrons. The number of aromatic nitrogens is 3. The summed E-state index contributed by atoms with van der Waals surface area (Å²) in [4.78, 5) is 22.0. The summed E-state index contributed by atoms with van der Waals surface area (Å²) in [6, 6.07) is 10.6. The predicted molar refractivity (Wildman–Crippen MR) is 139 cm³/mol. The summed E-state index contributed by atoms with van der Waals surface area (Å²) in [7, 11) is 3.53. The molecule has 1 saturated carbocycles. The SMILES string of the molecule is COc1ncccc1-c1c(C(=O)NCC2CCC(c3ccnc4ccc(F)cc34)CC2)cn(C)c1C. The minimum atomic E-state index is -0.229. The maximum Gasteiger partial charge on any atom is 0.253 e. The van der Waals surface area contributed by atoms with E-state index in [2.05, 4.69) is 15.3 Å². The number of carbonyl (C=O) groups excluding carboxylic acids is 1. The van der Waals surface area contributed by atoms with E-state index in [1.165, 1.54) is 11.6 Å². The number of fused-ring (bicyclic) bond motifs is 1. The number of nitrogens with one attached hydrogen (secondary N) is 1. The van der Waals surface area contributed by atoms with Gasteiger partial charge >= 0.3 is 0 Å². The third kappa shape index (κ3) is 4.57. The van der Waals surface area contributed by atoms with E-state index >= 15 is 0 Å². The Bertz CT molecular complexity index is 1410. The lowest BCUT2D eigenvalue weighted by Crippen LogP contribution is -2.31. The number of amides is 1. The lowest BCUT2D eigenvalue weighted by Gasteiger charge is -2.29. The summed E-state index contributed by atoms with van der Waals surface area (Å²) in [5, 5.41) is 4.08. The largest absolute Gasteiger partial charge is 0.481 e. The Kier molecular flexibility index (Phi) is 6.72. The van der Waals surface area contributed by atoms with Gasteiger partial charge in [0.05, 0.1) is 18.2 Å². The molecule has 1 amide bonds. The Hall–Kier alpha value is -3.74. The van der Waals surface area contributed by atoms with Gasteiger partial charge in [0.2, 0.25) is 5.88 Å². The van der Waals surface area contributed by atoms with E-state index in [0.29, 0.717) is 29.8 Å². The lowest BCUT2D eigenvalue weighted by molar-refractivity contribution is 0.0943. The van der Waals surface area contributed by atoms with Gasteiger partial charge in [0, 0.05) is 54.4 Å². The van der Waals surface area contributed by atoms with Crippen molar-refractivity contribution in [1.29, 1.82) is 0 Å². The molecule has 5 rings (SSSR count). The zero-order valence-corrected chi connectivity index (χ0v) is 20.9. The van der Waals surface area contributed by atoms with Crippen LogP contribution in [0.15, 0.2) is 55.0 Å². The summed E-state index contributed by atoms with van der Waals surface area (Å²) in [6.07, 6.45) is 9.43. The van der Waals surface area contributed by atoms with Crippen molar-refractivity contribution in [3.05, 3.63) is 77.6 Å². The normalized spacial score (nSPS) is 17.8. The molecule has 3 heterocycles. The number of methoxy groups -OCH3 is 1. The number of nitrogens with zero attached hydrogens (tertiary/aromatic N) is 3. The number of pyridine rings is 2. The van der Waals surface area contributed by atoms with Crippen molar-refractivity contribution in [2.75, 3.05) is 13.7 Å². The van der Waals surface area contributed by atoms with Crippen LogP contribution in [0.2, 0.25) is 0 Å². The van der Waals surface area contributed by atoms with Crippen LogP contribution in [0.5, 0.6) is 5.88 Å². The van der Waals surface area contributed by atoms with Gasteiger partial charge in [0.15, 0.2) is 0 Å². The van der Waals surface area contributed by atoms with Crippen LogP contribution in [0, 0.1) is 18.7 Å². The highest BCUT2D eigenvalue weighted by Gasteiger charge is 2.26. The molecule has 4 aromatic rings. The first kappa shape index (κ1) is 24.0. The van der Waals surface area contributed by atoms with E-state index in [9.17, 15) is 9.18 Å². The smallest absolute Gasteiger partial charge is 0.253 e. The molecular formula is C29H31FN4O2. The second kappa shape index (κ2) is 10.1. The van der Waals surface area contributed by atoms with Gasteiger partial charge in [-0.2, -0.15) is 0 Å². The maximum atomic E-state index is 13.9. The molecule has 0 radical (unpaired) electrons. The zero-order chi connectivity index (χ0) is 25.2. The maximum absolute atomic E-state index is 13.9. The van der Waals surface area contributed by atoms with E-state index in [0.717, 1.165) is 53.4 Å². The van der Waals surface area contributed by atoms with Crippen LogP contribution in [-0.2, 0) is 7.05 Å². The first-order valence-electron chi connectivity index (χ1n) is 12.4. The molecule has 1 aliphatic rings. The topological polar surface area (TPSA) is 69.0 Å². The molecule has 0 saturated heterocycles. The quantitative estimate of drug-likeness (QED) is 0.374. The van der Waals surface area contributed by atoms with Gasteiger partial charge in [-0.25, -0.2) is 9.37 Å². The molecule has 1 fully saturated rings. The molecule has 1 aliphatic carbocycles. The Labute approximate surface area is 210 Å². The van der Waals surface area contributed by atoms with Gasteiger partial charge in [-0.3, -0.25) is 9.78 Å². The van der Waals surface area contributed by atoms with Crippen LogP contribution in [0.4, 0.5) is 4.39 Å². The monoisotopic (exact) mass is 486 g/mol. The van der Waals surface area contributed by atoms with E-state index in [1.807, 2.05) is 49.1 Å². The van der Waals surface area contributed by atoms with Crippen molar-refractivity contribution in [3.63, 3.8) is 0 Å². The molecule has 36 heavy (non-hydrogen) atoms. The molecule has 0 unspecified atom stereocenters. The number of ether oxygens (including phenoxy) is 1. The summed E-state index contributed by atoms with van der Waals surface area (Å²) in [5.41, 5.74) is 5.28. The number of benzene rings is 1. The van der Waals surface area contributed by atoms with Gasteiger partial charge in [-0.15, -0.1) is 0 Å². The molecule has 1 N–H and O–H groups in total. The molecular weight excluding hydrogens is 455 g/mol. The summed E-state index contributed by atoms with van der Waals surface area (Å²) in [5.74, 6) is 0.981. The number of aryl methyl sites for hydroxylation is 1. The van der Waals surface area contributed by atoms with E-state index in [4.69, 9.17) is 4.74 Å². The van der Waals surface area contributed by atoms with Crippen LogP contribution in [0.1, 0.15) is 53.2 Å². The third-order valence-corrected chi connectivity index (χ3v) is 7.54. The van der Waals surface area contributed by atoms with Gasteiger partial charge in [0.25, 0.3) is 5.91 Å². The van der Waals surface area contributed by atoms with Crippen molar-refractivity contribution in [2.24, 2.45) is 13.0 Å². The average Bonchev–Trinajstić information content (AvgIpc) is 3.21. The standard InChI is InChI=1S/C29H31FN4O2/c1-18-27(23-5-4-13-32-29(23)36-3)25(17-34(18)2)28(35)33-16-19-6-8-20(9-7-19)22-12-14-31-26-11-10-21(30)15-24(22)26/h4-5,10-15,17,19-20H,6-9,16H2,1-3H3,(H,33,35). The number of rotatable bonds is 6. The highest BCUT2D eigenvalue weighted by molar-refractivity contribution is 6.02. The van der Waals surface area contributed by atoms with Crippen molar-refractivity contribution >= 4 is 16.8 Å². The van der Waals surface area contributed by atoms with Crippen LogP contribution >= 0.6 is 0 Å². The molecule has 0 atom stereocenters. The highest BCUT2D eigenvalue weighted by atomic mass is 19.1. The first-order chi connectivity index (χ1) is 17.5. The fraction of sp³-hybridized carbons (Fsp3) is 0.345. The number of hydrogen-bond acceptors (Lipinski definition) is 4. The van der Waals surface area contributed by atoms with E-state index < -0.39 is 0 Å². The molecule has 0 spiro atoms. The summed E-state index contributed by atoms with van der Waals surface area (Å²) in [6.45, 7) is 2.63. The zero-order valence-electron chi connectivity index (χ0n) is 20.9. The third-order valence-electron chi connectivity index (χ3n) is 7.54. The number of hydrogen-bond donors (Lipinski definition) is 1. The predicted octanol–water partition coefficient (Wildman–Crippen LogP) is 5.80. The fourth-order valence-corrected chi connectivity index (χ4v) is 5.49. The van der Waals surface area contributed by atoms with Crippen LogP contribution in [-0.4, -0.2) is 34.1 Å². The van der Waals surface area contributed by atoms with Gasteiger partial charge in [0.1, 0.15) is 5.82 Å². The van der Waals surface area contributed by atoms with Crippen molar-refractivity contribution in [1.82, 2.24) is 19.9 Å². The van der Waals surface area contributed by atoms with Crippen LogP contribution in [0.25, 0.3) is 22.0 Å². The molecule has 0 bridgehead atoms. The van der Waals surface area contributed by atoms with Crippen molar-refractivity contribution < 1.29 is 13.9 Å². The molecule has 7 heteroatoms. The molecule has 1 aromatic carbocycles. The van der Waals surface area contributed by atoms with Crippen molar-refractivity contribution in [2.45, 2.75) is 38.5 Å². The Morgan fingerprint density at radius 1 is 1.14 bits per heavy atom. The number of carbonyl (C=O) groups is 1. The van der Waals surface area contributed by atoms with Crippen LogP contribution in [0.3, 0.4) is 0 Å². The second-order valence-corrected chi connectivity index (χ2v) is 9.66. The molecule has 6 nitrogen and oxygen atoms in total. The van der Waals surface area contributed by atoms with E-state index in [1.54, 1.807) is 25.4 Å². The van der Waals surface area contributed by atoms with Gasteiger partial charge in [-0.1, -0.05) is 0 Å². The molecule has 3 aromatic heterocycles. The van der Waals surface area contributed by atoms with Crippen molar-refractivity contribution in [3.8, 4) is 17.0 Å². The summed E-state index contributed by atoms with van der Waals surface area (Å²) >= 11 is 0. The van der Waals surface area contributed by atoms with Gasteiger partial charge in [-0.05, 0) is 86.4 Å². The Morgan fingerprint density at radius 3 is 2.72 bits per heavy atom. The van der Waals surface area contributed by atoms with Crippen LogP contribution < -0.4 is 10.1 Å². The molecule has 0 aliphatic heterocycles. The highest BCUT2D eigenvalue weighted by Crippen LogP contribution is 2.38. The summed E-state index contributed by atoms with van der Waals surface area (Å²) < 4.78 is 21.3. The average molecular weight is 487 g/mol.